The van der Waals surface area contributed by atoms with Crippen LogP contribution in [0, 0.1) is 10.5 Å². The van der Waals surface area contributed by atoms with Crippen LogP contribution in [-0.4, -0.2) is 18.5 Å². The molecule has 0 aliphatic rings. The predicted molar refractivity (Wildman–Crippen MR) is 54.9 cm³/mol. The van der Waals surface area contributed by atoms with Gasteiger partial charge in [0.05, 0.1) is 16.4 Å². The van der Waals surface area contributed by atoms with Gasteiger partial charge in [-0.05, 0) is 29.5 Å². The molecule has 0 saturated carbocycles. The predicted octanol–water partition coefficient (Wildman–Crippen LogP) is 2.90. The second-order valence-corrected chi connectivity index (χ2v) is 3.76. The molecule has 0 aromatic carbocycles. The fourth-order valence-electron chi connectivity index (χ4n) is 0.970. The fraction of sp³-hybridized carbons (Fsp3) is 0.375. The first kappa shape index (κ1) is 12.3. The molecule has 0 spiro atoms. The van der Waals surface area contributed by atoms with Crippen molar-refractivity contribution in [2.24, 2.45) is 0 Å². The lowest BCUT2D eigenvalue weighted by Crippen LogP contribution is -2.19. The molecule has 0 fully saturated rings. The Kier molecular flexibility index (Phi) is 3.63. The van der Waals surface area contributed by atoms with Crippen LogP contribution in [0.2, 0.25) is 0 Å². The zero-order valence-electron chi connectivity index (χ0n) is 7.85. The average molecular weight is 333 g/mol. The van der Waals surface area contributed by atoms with E-state index in [0.717, 1.165) is 0 Å². The molecular formula is C8H7F3INO2. The number of hydrogen-bond donors (Lipinski definition) is 0. The van der Waals surface area contributed by atoms with Crippen molar-refractivity contribution in [3.05, 3.63) is 15.5 Å². The topological polar surface area (TPSA) is 31.4 Å². The lowest BCUT2D eigenvalue weighted by molar-refractivity contribution is -0.275. The van der Waals surface area contributed by atoms with Crippen LogP contribution in [-0.2, 0) is 0 Å². The van der Waals surface area contributed by atoms with Crippen molar-refractivity contribution in [1.29, 1.82) is 0 Å². The number of rotatable bonds is 2. The van der Waals surface area contributed by atoms with E-state index in [1.54, 1.807) is 0 Å². The van der Waals surface area contributed by atoms with Gasteiger partial charge in [-0.15, -0.1) is 13.2 Å². The summed E-state index contributed by atoms with van der Waals surface area (Å²) in [5.74, 6) is -0.350. The lowest BCUT2D eigenvalue weighted by Gasteiger charge is -2.14. The zero-order chi connectivity index (χ0) is 11.6. The molecular weight excluding hydrogens is 326 g/mol. The van der Waals surface area contributed by atoms with E-state index in [2.05, 4.69) is 9.72 Å². The van der Waals surface area contributed by atoms with Gasteiger partial charge < -0.3 is 9.47 Å². The van der Waals surface area contributed by atoms with Gasteiger partial charge in [-0.3, -0.25) is 4.98 Å². The van der Waals surface area contributed by atoms with Crippen LogP contribution in [0.3, 0.4) is 0 Å². The molecule has 7 heteroatoms. The van der Waals surface area contributed by atoms with Crippen LogP contribution >= 0.6 is 22.6 Å². The quantitative estimate of drug-likeness (QED) is 0.780. The lowest BCUT2D eigenvalue weighted by atomic mass is 10.3. The number of ether oxygens (including phenoxy) is 2. The van der Waals surface area contributed by atoms with E-state index in [9.17, 15) is 13.2 Å². The van der Waals surface area contributed by atoms with Crippen molar-refractivity contribution in [3.8, 4) is 11.5 Å². The first-order valence-corrected chi connectivity index (χ1v) is 4.88. The average Bonchev–Trinajstić information content (AvgIpc) is 2.10. The van der Waals surface area contributed by atoms with Crippen LogP contribution < -0.4 is 9.47 Å². The third-order valence-electron chi connectivity index (χ3n) is 1.55. The highest BCUT2D eigenvalue weighted by Gasteiger charge is 2.34. The zero-order valence-corrected chi connectivity index (χ0v) is 10.0. The number of halogens is 4. The summed E-state index contributed by atoms with van der Waals surface area (Å²) in [7, 11) is 1.28. The number of methoxy groups -OCH3 is 1. The Morgan fingerprint density at radius 1 is 1.33 bits per heavy atom. The van der Waals surface area contributed by atoms with Crippen molar-refractivity contribution in [2.75, 3.05) is 7.11 Å². The van der Waals surface area contributed by atoms with Crippen molar-refractivity contribution in [1.82, 2.24) is 4.98 Å². The summed E-state index contributed by atoms with van der Waals surface area (Å²) in [6, 6.07) is 0. The highest BCUT2D eigenvalue weighted by Crippen LogP contribution is 2.37. The van der Waals surface area contributed by atoms with E-state index in [-0.39, 0.29) is 11.4 Å². The molecule has 15 heavy (non-hydrogen) atoms. The highest BCUT2D eigenvalue weighted by atomic mass is 127. The number of aromatic nitrogens is 1. The van der Waals surface area contributed by atoms with Crippen LogP contribution in [0.15, 0.2) is 6.20 Å². The molecule has 1 aromatic heterocycles. The van der Waals surface area contributed by atoms with Gasteiger partial charge in [0.1, 0.15) is 0 Å². The second-order valence-electron chi connectivity index (χ2n) is 2.60. The Morgan fingerprint density at radius 3 is 2.40 bits per heavy atom. The summed E-state index contributed by atoms with van der Waals surface area (Å²) in [6.45, 7) is 1.42. The van der Waals surface area contributed by atoms with Crippen LogP contribution in [0.1, 0.15) is 5.69 Å². The molecule has 0 atom stereocenters. The van der Waals surface area contributed by atoms with Gasteiger partial charge in [0.15, 0.2) is 11.5 Å². The molecule has 0 radical (unpaired) electrons. The van der Waals surface area contributed by atoms with Crippen LogP contribution in [0.5, 0.6) is 11.5 Å². The fourth-order valence-corrected chi connectivity index (χ4v) is 1.57. The summed E-state index contributed by atoms with van der Waals surface area (Å²) in [5, 5.41) is 0. The third kappa shape index (κ3) is 3.11. The summed E-state index contributed by atoms with van der Waals surface area (Å²) < 4.78 is 45.3. The molecule has 1 rings (SSSR count). The highest BCUT2D eigenvalue weighted by molar-refractivity contribution is 14.1. The molecule has 1 aromatic rings. The van der Waals surface area contributed by atoms with Gasteiger partial charge in [-0.25, -0.2) is 0 Å². The summed E-state index contributed by atoms with van der Waals surface area (Å²) in [5.41, 5.74) is 0.129. The molecule has 0 bridgehead atoms. The number of aryl methyl sites for hydroxylation is 1. The molecule has 0 N–H and O–H groups in total. The first-order valence-electron chi connectivity index (χ1n) is 3.80. The minimum Gasteiger partial charge on any atom is -0.492 e. The number of hydrogen-bond acceptors (Lipinski definition) is 3. The summed E-state index contributed by atoms with van der Waals surface area (Å²) >= 11 is 1.82. The first-order chi connectivity index (χ1) is 6.85. The SMILES string of the molecule is COc1c(I)cnc(C)c1OC(F)(F)F. The van der Waals surface area contributed by atoms with Crippen LogP contribution in [0.4, 0.5) is 13.2 Å². The number of nitrogens with zero attached hydrogens (tertiary/aromatic N) is 1. The van der Waals surface area contributed by atoms with Gasteiger partial charge in [0, 0.05) is 6.20 Å². The number of pyridine rings is 1. The smallest absolute Gasteiger partial charge is 0.492 e. The molecule has 0 unspecified atom stereocenters. The minimum atomic E-state index is -4.75. The van der Waals surface area contributed by atoms with E-state index >= 15 is 0 Å². The molecule has 1 heterocycles. The van der Waals surface area contributed by atoms with Crippen molar-refractivity contribution >= 4 is 22.6 Å². The van der Waals surface area contributed by atoms with Gasteiger partial charge in [-0.2, -0.15) is 0 Å². The van der Waals surface area contributed by atoms with Crippen molar-refractivity contribution in [3.63, 3.8) is 0 Å². The van der Waals surface area contributed by atoms with E-state index in [0.29, 0.717) is 3.57 Å². The Labute approximate surface area is 97.7 Å². The van der Waals surface area contributed by atoms with Gasteiger partial charge in [-0.1, -0.05) is 0 Å². The summed E-state index contributed by atoms with van der Waals surface area (Å²) in [6.07, 6.45) is -3.33. The van der Waals surface area contributed by atoms with Gasteiger partial charge in [0.25, 0.3) is 0 Å². The second kappa shape index (κ2) is 4.42. The monoisotopic (exact) mass is 333 g/mol. The molecule has 3 nitrogen and oxygen atoms in total. The maximum absolute atomic E-state index is 12.1. The molecule has 84 valence electrons. The van der Waals surface area contributed by atoms with Gasteiger partial charge in [0.2, 0.25) is 0 Å². The van der Waals surface area contributed by atoms with Crippen LogP contribution in [0.25, 0.3) is 0 Å². The standard InChI is InChI=1S/C8H7F3INO2/c1-4-6(15-8(9,10)11)7(14-2)5(12)3-13-4/h3H,1-2H3. The van der Waals surface area contributed by atoms with E-state index in [1.165, 1.54) is 20.2 Å². The molecule has 0 amide bonds. The molecule has 0 saturated heterocycles. The molecule has 0 aliphatic carbocycles. The van der Waals surface area contributed by atoms with E-state index in [1.807, 2.05) is 22.6 Å². The Hall–Kier alpha value is -0.730. The molecule has 0 aliphatic heterocycles. The van der Waals surface area contributed by atoms with Crippen molar-refractivity contribution in [2.45, 2.75) is 13.3 Å². The summed E-state index contributed by atoms with van der Waals surface area (Å²) in [4.78, 5) is 3.76. The Balaban J connectivity index is 3.20. The van der Waals surface area contributed by atoms with E-state index in [4.69, 9.17) is 4.74 Å². The Morgan fingerprint density at radius 2 is 1.93 bits per heavy atom. The van der Waals surface area contributed by atoms with Gasteiger partial charge >= 0.3 is 6.36 Å². The maximum Gasteiger partial charge on any atom is 0.573 e. The minimum absolute atomic E-state index is 0.0421. The Bertz CT molecular complexity index is 368. The normalized spacial score (nSPS) is 11.3. The third-order valence-corrected chi connectivity index (χ3v) is 2.31. The number of alkyl halides is 3. The largest absolute Gasteiger partial charge is 0.573 e. The maximum atomic E-state index is 12.1. The van der Waals surface area contributed by atoms with E-state index < -0.39 is 12.1 Å². The van der Waals surface area contributed by atoms with Crippen molar-refractivity contribution < 1.29 is 22.6 Å².